The number of hydrogen-bond donors (Lipinski definition) is 2. The van der Waals surface area contributed by atoms with Crippen molar-refractivity contribution in [3.05, 3.63) is 24.3 Å². The lowest BCUT2D eigenvalue weighted by molar-refractivity contribution is -0.147. The van der Waals surface area contributed by atoms with E-state index >= 15 is 0 Å². The normalized spacial score (nSPS) is 13.2. The van der Waals surface area contributed by atoms with Crippen molar-refractivity contribution in [2.75, 3.05) is 13.7 Å². The number of methoxy groups -OCH3 is 1. The van der Waals surface area contributed by atoms with E-state index in [-0.39, 0.29) is 13.0 Å². The van der Waals surface area contributed by atoms with Crippen molar-refractivity contribution >= 4 is 11.9 Å². The second kappa shape index (κ2) is 6.79. The SMILES string of the molecule is CCC(C)(NC(=O)COc1cccc(OC)c1)C(=O)O. The Morgan fingerprint density at radius 1 is 1.35 bits per heavy atom. The van der Waals surface area contributed by atoms with Crippen molar-refractivity contribution in [3.8, 4) is 11.5 Å². The highest BCUT2D eigenvalue weighted by atomic mass is 16.5. The van der Waals surface area contributed by atoms with Crippen LogP contribution in [0.2, 0.25) is 0 Å². The van der Waals surface area contributed by atoms with Crippen molar-refractivity contribution in [1.29, 1.82) is 0 Å². The fraction of sp³-hybridized carbons (Fsp3) is 0.429. The van der Waals surface area contributed by atoms with E-state index in [1.54, 1.807) is 31.2 Å². The Labute approximate surface area is 117 Å². The standard InChI is InChI=1S/C14H19NO5/c1-4-14(2,13(17)18)15-12(16)9-20-11-7-5-6-10(8-11)19-3/h5-8H,4,9H2,1-3H3,(H,15,16)(H,17,18). The lowest BCUT2D eigenvalue weighted by Gasteiger charge is -2.24. The van der Waals surface area contributed by atoms with Crippen LogP contribution in [0.15, 0.2) is 24.3 Å². The second-order valence-electron chi connectivity index (χ2n) is 4.51. The number of hydrogen-bond acceptors (Lipinski definition) is 4. The van der Waals surface area contributed by atoms with E-state index < -0.39 is 17.4 Å². The average molecular weight is 281 g/mol. The summed E-state index contributed by atoms with van der Waals surface area (Å²) in [6.45, 7) is 2.89. The lowest BCUT2D eigenvalue weighted by Crippen LogP contribution is -2.53. The Bertz CT molecular complexity index is 488. The van der Waals surface area contributed by atoms with Crippen molar-refractivity contribution in [2.24, 2.45) is 0 Å². The van der Waals surface area contributed by atoms with Gasteiger partial charge in [-0.1, -0.05) is 13.0 Å². The van der Waals surface area contributed by atoms with Crippen LogP contribution in [-0.4, -0.2) is 36.2 Å². The summed E-state index contributed by atoms with van der Waals surface area (Å²) in [5.41, 5.74) is -1.28. The second-order valence-corrected chi connectivity index (χ2v) is 4.51. The smallest absolute Gasteiger partial charge is 0.329 e. The van der Waals surface area contributed by atoms with E-state index in [2.05, 4.69) is 5.32 Å². The van der Waals surface area contributed by atoms with Gasteiger partial charge in [-0.15, -0.1) is 0 Å². The molecule has 0 heterocycles. The molecule has 0 saturated carbocycles. The summed E-state index contributed by atoms with van der Waals surface area (Å²) < 4.78 is 10.3. The fourth-order valence-electron chi connectivity index (χ4n) is 1.48. The number of amides is 1. The van der Waals surface area contributed by atoms with Crippen LogP contribution in [0.4, 0.5) is 0 Å². The van der Waals surface area contributed by atoms with Gasteiger partial charge in [-0.2, -0.15) is 0 Å². The number of ether oxygens (including phenoxy) is 2. The van der Waals surface area contributed by atoms with Gasteiger partial charge in [-0.05, 0) is 25.5 Å². The fourth-order valence-corrected chi connectivity index (χ4v) is 1.48. The van der Waals surface area contributed by atoms with E-state index in [1.165, 1.54) is 14.0 Å². The van der Waals surface area contributed by atoms with Crippen LogP contribution < -0.4 is 14.8 Å². The van der Waals surface area contributed by atoms with Crippen LogP contribution >= 0.6 is 0 Å². The maximum Gasteiger partial charge on any atom is 0.329 e. The highest BCUT2D eigenvalue weighted by Gasteiger charge is 2.32. The summed E-state index contributed by atoms with van der Waals surface area (Å²) in [6, 6.07) is 6.82. The first-order valence-corrected chi connectivity index (χ1v) is 6.22. The van der Waals surface area contributed by atoms with E-state index in [4.69, 9.17) is 14.6 Å². The third kappa shape index (κ3) is 4.15. The van der Waals surface area contributed by atoms with Gasteiger partial charge in [0.15, 0.2) is 6.61 Å². The highest BCUT2D eigenvalue weighted by Crippen LogP contribution is 2.18. The molecule has 110 valence electrons. The summed E-state index contributed by atoms with van der Waals surface area (Å²) in [5.74, 6) is -0.464. The molecule has 1 atom stereocenters. The van der Waals surface area contributed by atoms with Gasteiger partial charge in [-0.3, -0.25) is 4.79 Å². The Morgan fingerprint density at radius 2 is 2.00 bits per heavy atom. The zero-order chi connectivity index (χ0) is 15.2. The Morgan fingerprint density at radius 3 is 2.55 bits per heavy atom. The molecule has 0 fully saturated rings. The molecule has 1 unspecified atom stereocenters. The Kier molecular flexibility index (Phi) is 5.37. The molecule has 6 heteroatoms. The number of nitrogens with one attached hydrogen (secondary N) is 1. The van der Waals surface area contributed by atoms with Gasteiger partial charge in [-0.25, -0.2) is 4.79 Å². The molecule has 20 heavy (non-hydrogen) atoms. The summed E-state index contributed by atoms with van der Waals surface area (Å²) in [6.07, 6.45) is 0.285. The van der Waals surface area contributed by atoms with Crippen molar-refractivity contribution in [2.45, 2.75) is 25.8 Å². The first-order valence-electron chi connectivity index (χ1n) is 6.22. The minimum atomic E-state index is -1.28. The predicted molar refractivity (Wildman–Crippen MR) is 73.0 cm³/mol. The quantitative estimate of drug-likeness (QED) is 0.790. The van der Waals surface area contributed by atoms with Gasteiger partial charge in [0.2, 0.25) is 0 Å². The number of rotatable bonds is 7. The average Bonchev–Trinajstić information content (AvgIpc) is 2.45. The minimum Gasteiger partial charge on any atom is -0.497 e. The van der Waals surface area contributed by atoms with Gasteiger partial charge in [0.1, 0.15) is 17.0 Å². The monoisotopic (exact) mass is 281 g/mol. The van der Waals surface area contributed by atoms with Crippen LogP contribution in [-0.2, 0) is 9.59 Å². The molecule has 0 aliphatic rings. The van der Waals surface area contributed by atoms with Crippen LogP contribution in [0.1, 0.15) is 20.3 Å². The number of carboxylic acids is 1. The molecule has 1 aromatic rings. The highest BCUT2D eigenvalue weighted by molar-refractivity contribution is 5.87. The van der Waals surface area contributed by atoms with Crippen LogP contribution in [0.25, 0.3) is 0 Å². The molecule has 2 N–H and O–H groups in total. The zero-order valence-electron chi connectivity index (χ0n) is 11.8. The van der Waals surface area contributed by atoms with E-state index in [0.29, 0.717) is 11.5 Å². The molecule has 0 saturated heterocycles. The molecule has 0 bridgehead atoms. The molecule has 6 nitrogen and oxygen atoms in total. The Hall–Kier alpha value is -2.24. The molecule has 0 radical (unpaired) electrons. The molecule has 0 aliphatic carbocycles. The number of carbonyl (C=O) groups is 2. The maximum atomic E-state index is 11.7. The minimum absolute atomic E-state index is 0.254. The van der Waals surface area contributed by atoms with Crippen LogP contribution in [0.5, 0.6) is 11.5 Å². The summed E-state index contributed by atoms with van der Waals surface area (Å²) in [7, 11) is 1.53. The van der Waals surface area contributed by atoms with Crippen LogP contribution in [0, 0.1) is 0 Å². The number of carbonyl (C=O) groups excluding carboxylic acids is 1. The summed E-state index contributed by atoms with van der Waals surface area (Å²) >= 11 is 0. The summed E-state index contributed by atoms with van der Waals surface area (Å²) in [5, 5.41) is 11.5. The van der Waals surface area contributed by atoms with Gasteiger partial charge in [0.25, 0.3) is 5.91 Å². The number of carboxylic acid groups (broad SMARTS) is 1. The topological polar surface area (TPSA) is 84.9 Å². The zero-order valence-corrected chi connectivity index (χ0v) is 11.8. The Balaban J connectivity index is 2.57. The predicted octanol–water partition coefficient (Wildman–Crippen LogP) is 1.44. The molecule has 1 amide bonds. The molecular weight excluding hydrogens is 262 g/mol. The van der Waals surface area contributed by atoms with Crippen molar-refractivity contribution in [3.63, 3.8) is 0 Å². The lowest BCUT2D eigenvalue weighted by atomic mass is 9.99. The maximum absolute atomic E-state index is 11.7. The molecular formula is C14H19NO5. The van der Waals surface area contributed by atoms with Gasteiger partial charge < -0.3 is 19.9 Å². The van der Waals surface area contributed by atoms with Gasteiger partial charge in [0, 0.05) is 6.07 Å². The van der Waals surface area contributed by atoms with Crippen LogP contribution in [0.3, 0.4) is 0 Å². The molecule has 0 aliphatic heterocycles. The third-order valence-corrected chi connectivity index (χ3v) is 3.01. The third-order valence-electron chi connectivity index (χ3n) is 3.01. The number of benzene rings is 1. The van der Waals surface area contributed by atoms with Crippen molar-refractivity contribution < 1.29 is 24.2 Å². The molecule has 0 spiro atoms. The van der Waals surface area contributed by atoms with Crippen molar-refractivity contribution in [1.82, 2.24) is 5.32 Å². The molecule has 0 aromatic heterocycles. The van der Waals surface area contributed by atoms with E-state index in [1.807, 2.05) is 0 Å². The summed E-state index contributed by atoms with van der Waals surface area (Å²) in [4.78, 5) is 22.8. The van der Waals surface area contributed by atoms with E-state index in [0.717, 1.165) is 0 Å². The first-order chi connectivity index (χ1) is 9.41. The number of aliphatic carboxylic acids is 1. The van der Waals surface area contributed by atoms with Gasteiger partial charge >= 0.3 is 5.97 Å². The van der Waals surface area contributed by atoms with E-state index in [9.17, 15) is 9.59 Å². The molecule has 1 aromatic carbocycles. The first kappa shape index (κ1) is 15.8. The van der Waals surface area contributed by atoms with Gasteiger partial charge in [0.05, 0.1) is 7.11 Å². The molecule has 1 rings (SSSR count). The largest absolute Gasteiger partial charge is 0.497 e.